The average molecular weight is 526 g/mol. The second-order valence-electron chi connectivity index (χ2n) is 3.20. The summed E-state index contributed by atoms with van der Waals surface area (Å²) < 4.78 is 1.42. The van der Waals surface area contributed by atoms with Crippen LogP contribution in [-0.4, -0.2) is 22.3 Å². The monoisotopic (exact) mass is 528 g/mol. The van der Waals surface area contributed by atoms with Crippen molar-refractivity contribution >= 4 is 70.2 Å². The van der Waals surface area contributed by atoms with Gasteiger partial charge in [0.2, 0.25) is 0 Å². The third-order valence-corrected chi connectivity index (χ3v) is 2.91. The van der Waals surface area contributed by atoms with Crippen molar-refractivity contribution in [2.45, 2.75) is 62.8 Å². The second kappa shape index (κ2) is 19.8. The van der Waals surface area contributed by atoms with Gasteiger partial charge in [-0.05, 0) is 0 Å². The first-order valence-corrected chi connectivity index (χ1v) is 6.83. The van der Waals surface area contributed by atoms with E-state index in [-0.39, 0.29) is 48.0 Å². The van der Waals surface area contributed by atoms with Gasteiger partial charge in [0.05, 0.1) is 0 Å². The van der Waals surface area contributed by atoms with Gasteiger partial charge in [-0.3, -0.25) is 0 Å². The molecule has 0 N–H and O–H groups in total. The van der Waals surface area contributed by atoms with E-state index in [1.807, 2.05) is 22.3 Å². The molecule has 0 fully saturated rings. The summed E-state index contributed by atoms with van der Waals surface area (Å²) in [7, 11) is 0. The molecule has 0 atom stereocenters. The van der Waals surface area contributed by atoms with E-state index in [0.29, 0.717) is 0 Å². The van der Waals surface area contributed by atoms with Gasteiger partial charge in [0.25, 0.3) is 0 Å². The Balaban J connectivity index is -0.000000500. The van der Waals surface area contributed by atoms with Gasteiger partial charge in [-0.15, -0.1) is 48.0 Å². The van der Waals surface area contributed by atoms with Crippen LogP contribution in [0, 0.1) is 0 Å². The van der Waals surface area contributed by atoms with Crippen LogP contribution in [0.2, 0.25) is 4.47 Å². The molecule has 0 spiro atoms. The fourth-order valence-corrected chi connectivity index (χ4v) is 1.88. The Morgan fingerprint density at radius 1 is 0.692 bits per heavy atom. The van der Waals surface area contributed by atoms with Crippen molar-refractivity contribution in [3.8, 4) is 0 Å². The Morgan fingerprint density at radius 2 is 1.08 bits per heavy atom. The van der Waals surface area contributed by atoms with E-state index in [9.17, 15) is 0 Å². The van der Waals surface area contributed by atoms with Crippen molar-refractivity contribution in [2.75, 3.05) is 0 Å². The SMILES string of the molecule is CCCCCCCCCC[TeH].I.I. The minimum Gasteiger partial charge on any atom is -0.107 e. The predicted octanol–water partition coefficient (Wildman–Crippen LogP) is 4.68. The third-order valence-electron chi connectivity index (χ3n) is 2.01. The molecule has 0 aliphatic rings. The molecule has 0 bridgehead atoms. The van der Waals surface area contributed by atoms with E-state index in [1.54, 1.807) is 0 Å². The van der Waals surface area contributed by atoms with Crippen LogP contribution in [0.1, 0.15) is 58.3 Å². The summed E-state index contributed by atoms with van der Waals surface area (Å²) >= 11 is 1.96. The smallest absolute Gasteiger partial charge is 0.107 e. The molecule has 0 aromatic heterocycles. The summed E-state index contributed by atoms with van der Waals surface area (Å²) in [5.41, 5.74) is 0. The fraction of sp³-hybridized carbons (Fsp3) is 1.00. The molecule has 0 amide bonds. The van der Waals surface area contributed by atoms with Gasteiger partial charge in [-0.25, -0.2) is 0 Å². The Kier molecular flexibility index (Phi) is 31.4. The number of hydrogen-bond acceptors (Lipinski definition) is 0. The van der Waals surface area contributed by atoms with Gasteiger partial charge >= 0.3 is 85.1 Å². The number of halogens is 2. The molecule has 0 saturated heterocycles. The molecule has 0 aromatic carbocycles. The first-order valence-electron chi connectivity index (χ1n) is 5.02. The second-order valence-corrected chi connectivity index (χ2v) is 4.47. The maximum Gasteiger partial charge on any atom is -0.107 e. The maximum atomic E-state index is 2.28. The molecule has 84 valence electrons. The van der Waals surface area contributed by atoms with Crippen LogP contribution >= 0.6 is 48.0 Å². The molecule has 0 aliphatic heterocycles. The molecular formula is C10H24I2Te. The van der Waals surface area contributed by atoms with Gasteiger partial charge in [-0.1, -0.05) is 0 Å². The van der Waals surface area contributed by atoms with Gasteiger partial charge in [0, 0.05) is 0 Å². The van der Waals surface area contributed by atoms with Gasteiger partial charge < -0.3 is 0 Å². The molecule has 3 heteroatoms. The van der Waals surface area contributed by atoms with E-state index in [2.05, 4.69) is 6.92 Å². The zero-order valence-electron chi connectivity index (χ0n) is 8.63. The fourth-order valence-electron chi connectivity index (χ4n) is 1.25. The topological polar surface area (TPSA) is 0 Å². The molecule has 0 aromatic rings. The molecule has 0 nitrogen and oxygen atoms in total. The van der Waals surface area contributed by atoms with E-state index >= 15 is 0 Å². The number of hydrogen-bond donors (Lipinski definition) is 0. The summed E-state index contributed by atoms with van der Waals surface area (Å²) in [4.78, 5) is 0. The number of unbranched alkanes of at least 4 members (excludes halogenated alkanes) is 7. The summed E-state index contributed by atoms with van der Waals surface area (Å²) in [6.07, 6.45) is 11.6. The molecule has 0 aliphatic carbocycles. The van der Waals surface area contributed by atoms with E-state index in [4.69, 9.17) is 0 Å². The van der Waals surface area contributed by atoms with Gasteiger partial charge in [0.1, 0.15) is 0 Å². The maximum absolute atomic E-state index is 2.28. The zero-order valence-corrected chi connectivity index (χ0v) is 15.8. The van der Waals surface area contributed by atoms with Crippen LogP contribution in [0.5, 0.6) is 0 Å². The molecule has 0 rings (SSSR count). The van der Waals surface area contributed by atoms with Crippen molar-refractivity contribution in [3.63, 3.8) is 0 Å². The zero-order chi connectivity index (χ0) is 8.36. The van der Waals surface area contributed by atoms with Crippen LogP contribution in [0.4, 0.5) is 0 Å². The van der Waals surface area contributed by atoms with Crippen LogP contribution in [0.15, 0.2) is 0 Å². The minimum atomic E-state index is 0. The Bertz CT molecular complexity index is 61.9. The summed E-state index contributed by atoms with van der Waals surface area (Å²) in [6, 6.07) is 0. The van der Waals surface area contributed by atoms with E-state index in [0.717, 1.165) is 0 Å². The molecule has 0 heterocycles. The van der Waals surface area contributed by atoms with Crippen LogP contribution in [0.25, 0.3) is 0 Å². The van der Waals surface area contributed by atoms with Crippen LogP contribution in [-0.2, 0) is 0 Å². The van der Waals surface area contributed by atoms with Crippen molar-refractivity contribution in [1.82, 2.24) is 0 Å². The summed E-state index contributed by atoms with van der Waals surface area (Å²) in [5, 5.41) is 0. The molecule has 0 unspecified atom stereocenters. The summed E-state index contributed by atoms with van der Waals surface area (Å²) in [5.74, 6) is 0. The van der Waals surface area contributed by atoms with Crippen molar-refractivity contribution in [2.24, 2.45) is 0 Å². The van der Waals surface area contributed by atoms with E-state index in [1.165, 1.54) is 55.8 Å². The van der Waals surface area contributed by atoms with E-state index < -0.39 is 0 Å². The quantitative estimate of drug-likeness (QED) is 0.245. The normalized spacial score (nSPS) is 8.77. The Labute approximate surface area is 131 Å². The Hall–Kier alpha value is 2.25. The predicted molar refractivity (Wildman–Crippen MR) is 85.4 cm³/mol. The van der Waals surface area contributed by atoms with Crippen molar-refractivity contribution in [1.29, 1.82) is 0 Å². The first kappa shape index (κ1) is 20.6. The minimum absolute atomic E-state index is 0. The molecule has 13 heavy (non-hydrogen) atoms. The van der Waals surface area contributed by atoms with Crippen LogP contribution < -0.4 is 0 Å². The third kappa shape index (κ3) is 20.4. The Morgan fingerprint density at radius 3 is 1.46 bits per heavy atom. The molecular weight excluding hydrogens is 502 g/mol. The molecule has 0 saturated carbocycles. The average Bonchev–Trinajstić information content (AvgIpc) is 2.03. The standard InChI is InChI=1S/C10H22Te.2HI/c1-2-3-4-5-6-7-8-9-10-11;;/h11H,2-10H2,1H3;2*1H. The first-order chi connectivity index (χ1) is 5.41. The van der Waals surface area contributed by atoms with Crippen LogP contribution in [0.3, 0.4) is 0 Å². The van der Waals surface area contributed by atoms with Crippen molar-refractivity contribution in [3.05, 3.63) is 0 Å². The molecule has 0 radical (unpaired) electrons. The number of rotatable bonds is 8. The van der Waals surface area contributed by atoms with Gasteiger partial charge in [0.15, 0.2) is 0 Å². The largest absolute Gasteiger partial charge is 0.107 e. The summed E-state index contributed by atoms with van der Waals surface area (Å²) in [6.45, 7) is 2.28. The van der Waals surface area contributed by atoms with Gasteiger partial charge in [-0.2, -0.15) is 0 Å². The van der Waals surface area contributed by atoms with Crippen molar-refractivity contribution < 1.29 is 0 Å².